The van der Waals surface area contributed by atoms with Gasteiger partial charge in [0.2, 0.25) is 0 Å². The average Bonchev–Trinajstić information content (AvgIpc) is 2.26. The SMILES string of the molecule is COC(=O)C(C)(C)NC1CCCCC1C(C)(C)C. The number of methoxy groups -OCH3 is 1. The van der Waals surface area contributed by atoms with Crippen molar-refractivity contribution < 1.29 is 9.53 Å². The van der Waals surface area contributed by atoms with Gasteiger partial charge in [-0.1, -0.05) is 33.6 Å². The minimum Gasteiger partial charge on any atom is -0.468 e. The van der Waals surface area contributed by atoms with Crippen molar-refractivity contribution in [2.45, 2.75) is 71.9 Å². The predicted molar refractivity (Wildman–Crippen MR) is 74.4 cm³/mol. The van der Waals surface area contributed by atoms with E-state index in [-0.39, 0.29) is 11.4 Å². The lowest BCUT2D eigenvalue weighted by molar-refractivity contribution is -0.148. The van der Waals surface area contributed by atoms with E-state index >= 15 is 0 Å². The van der Waals surface area contributed by atoms with Crippen LogP contribution in [0.25, 0.3) is 0 Å². The van der Waals surface area contributed by atoms with E-state index < -0.39 is 5.54 Å². The van der Waals surface area contributed by atoms with E-state index in [4.69, 9.17) is 4.74 Å². The van der Waals surface area contributed by atoms with Crippen molar-refractivity contribution in [3.8, 4) is 0 Å². The Bertz CT molecular complexity index is 291. The maximum Gasteiger partial charge on any atom is 0.325 e. The Hall–Kier alpha value is -0.570. The highest BCUT2D eigenvalue weighted by Crippen LogP contribution is 2.38. The van der Waals surface area contributed by atoms with Crippen LogP contribution in [-0.2, 0) is 9.53 Å². The van der Waals surface area contributed by atoms with Crippen LogP contribution in [0.15, 0.2) is 0 Å². The van der Waals surface area contributed by atoms with Crippen molar-refractivity contribution in [3.05, 3.63) is 0 Å². The van der Waals surface area contributed by atoms with E-state index in [1.165, 1.54) is 26.4 Å². The maximum absolute atomic E-state index is 11.8. The molecule has 0 spiro atoms. The minimum atomic E-state index is -0.597. The second-order valence-corrected chi connectivity index (χ2v) is 7.12. The van der Waals surface area contributed by atoms with Gasteiger partial charge >= 0.3 is 5.97 Å². The molecule has 0 aromatic carbocycles. The fourth-order valence-electron chi connectivity index (χ4n) is 3.12. The van der Waals surface area contributed by atoms with Crippen molar-refractivity contribution in [3.63, 3.8) is 0 Å². The second kappa shape index (κ2) is 5.60. The molecule has 0 saturated heterocycles. The van der Waals surface area contributed by atoms with E-state index in [2.05, 4.69) is 26.1 Å². The van der Waals surface area contributed by atoms with Crippen molar-refractivity contribution in [1.29, 1.82) is 0 Å². The summed E-state index contributed by atoms with van der Waals surface area (Å²) in [5.74, 6) is 0.441. The molecule has 1 fully saturated rings. The molecule has 0 aliphatic heterocycles. The van der Waals surface area contributed by atoms with Gasteiger partial charge in [-0.05, 0) is 38.0 Å². The van der Waals surface area contributed by atoms with E-state index in [0.717, 1.165) is 6.42 Å². The van der Waals surface area contributed by atoms with E-state index in [0.29, 0.717) is 12.0 Å². The number of nitrogens with one attached hydrogen (secondary N) is 1. The number of carbonyl (C=O) groups excluding carboxylic acids is 1. The van der Waals surface area contributed by atoms with Gasteiger partial charge in [0.25, 0.3) is 0 Å². The smallest absolute Gasteiger partial charge is 0.325 e. The number of carbonyl (C=O) groups is 1. The van der Waals surface area contributed by atoms with Crippen LogP contribution in [0, 0.1) is 11.3 Å². The van der Waals surface area contributed by atoms with Gasteiger partial charge in [0.15, 0.2) is 0 Å². The summed E-state index contributed by atoms with van der Waals surface area (Å²) in [4.78, 5) is 11.8. The Morgan fingerprint density at radius 3 is 2.17 bits per heavy atom. The zero-order valence-electron chi connectivity index (χ0n) is 12.8. The number of esters is 1. The van der Waals surface area contributed by atoms with Crippen LogP contribution < -0.4 is 5.32 Å². The van der Waals surface area contributed by atoms with Crippen LogP contribution in [0.3, 0.4) is 0 Å². The van der Waals surface area contributed by atoms with Gasteiger partial charge in [0.1, 0.15) is 5.54 Å². The molecule has 2 atom stereocenters. The van der Waals surface area contributed by atoms with Crippen LogP contribution in [-0.4, -0.2) is 24.7 Å². The third-order valence-corrected chi connectivity index (χ3v) is 4.12. The van der Waals surface area contributed by atoms with Gasteiger partial charge in [-0.2, -0.15) is 0 Å². The average molecular weight is 255 g/mol. The summed E-state index contributed by atoms with van der Waals surface area (Å²) < 4.78 is 4.88. The molecule has 1 aliphatic rings. The Balaban J connectivity index is 2.77. The molecule has 0 aromatic heterocycles. The van der Waals surface area contributed by atoms with Crippen LogP contribution >= 0.6 is 0 Å². The third-order valence-electron chi connectivity index (χ3n) is 4.12. The topological polar surface area (TPSA) is 38.3 Å². The molecule has 3 heteroatoms. The highest BCUT2D eigenvalue weighted by molar-refractivity contribution is 5.79. The first-order valence-corrected chi connectivity index (χ1v) is 7.04. The summed E-state index contributed by atoms with van der Waals surface area (Å²) in [5, 5.41) is 3.53. The van der Waals surface area contributed by atoms with Gasteiger partial charge in [0.05, 0.1) is 7.11 Å². The van der Waals surface area contributed by atoms with Crippen LogP contribution in [0.4, 0.5) is 0 Å². The first kappa shape index (κ1) is 15.5. The quantitative estimate of drug-likeness (QED) is 0.787. The summed E-state index contributed by atoms with van der Waals surface area (Å²) in [6, 6.07) is 0.410. The summed E-state index contributed by atoms with van der Waals surface area (Å²) in [5.41, 5.74) is -0.315. The molecule has 1 aliphatic carbocycles. The molecule has 3 nitrogen and oxygen atoms in total. The van der Waals surface area contributed by atoms with E-state index in [1.54, 1.807) is 0 Å². The first-order chi connectivity index (χ1) is 8.18. The van der Waals surface area contributed by atoms with Gasteiger partial charge in [-0.25, -0.2) is 0 Å². The lowest BCUT2D eigenvalue weighted by Gasteiger charge is -2.43. The number of hydrogen-bond acceptors (Lipinski definition) is 3. The molecule has 1 N–H and O–H groups in total. The molecule has 106 valence electrons. The summed E-state index contributed by atoms with van der Waals surface area (Å²) in [6.07, 6.45) is 4.96. The monoisotopic (exact) mass is 255 g/mol. The summed E-state index contributed by atoms with van der Waals surface area (Å²) in [7, 11) is 1.45. The molecular weight excluding hydrogens is 226 g/mol. The summed E-state index contributed by atoms with van der Waals surface area (Å²) >= 11 is 0. The third kappa shape index (κ3) is 3.71. The zero-order valence-corrected chi connectivity index (χ0v) is 12.8. The molecule has 0 aromatic rings. The van der Waals surface area contributed by atoms with Crippen LogP contribution in [0.2, 0.25) is 0 Å². The Morgan fingerprint density at radius 1 is 1.11 bits per heavy atom. The fraction of sp³-hybridized carbons (Fsp3) is 0.933. The lowest BCUT2D eigenvalue weighted by Crippen LogP contribution is -2.56. The number of ether oxygens (including phenoxy) is 1. The van der Waals surface area contributed by atoms with E-state index in [9.17, 15) is 4.79 Å². The normalized spacial score (nSPS) is 25.9. The van der Waals surface area contributed by atoms with E-state index in [1.807, 2.05) is 13.8 Å². The predicted octanol–water partition coefficient (Wildman–Crippen LogP) is 3.13. The molecule has 18 heavy (non-hydrogen) atoms. The van der Waals surface area contributed by atoms with Crippen molar-refractivity contribution in [2.75, 3.05) is 7.11 Å². The number of hydrogen-bond donors (Lipinski definition) is 1. The lowest BCUT2D eigenvalue weighted by atomic mass is 9.69. The van der Waals surface area contributed by atoms with Crippen molar-refractivity contribution in [1.82, 2.24) is 5.32 Å². The molecule has 0 radical (unpaired) electrons. The largest absolute Gasteiger partial charge is 0.468 e. The van der Waals surface area contributed by atoms with Crippen LogP contribution in [0.1, 0.15) is 60.3 Å². The zero-order chi connectivity index (χ0) is 14.0. The van der Waals surface area contributed by atoms with Gasteiger partial charge < -0.3 is 4.74 Å². The molecule has 1 saturated carbocycles. The Kier molecular flexibility index (Phi) is 4.82. The summed E-state index contributed by atoms with van der Waals surface area (Å²) in [6.45, 7) is 10.7. The second-order valence-electron chi connectivity index (χ2n) is 7.12. The minimum absolute atomic E-state index is 0.180. The fourth-order valence-corrected chi connectivity index (χ4v) is 3.12. The van der Waals surface area contributed by atoms with Crippen LogP contribution in [0.5, 0.6) is 0 Å². The molecule has 0 bridgehead atoms. The first-order valence-electron chi connectivity index (χ1n) is 7.04. The van der Waals surface area contributed by atoms with Crippen molar-refractivity contribution in [2.24, 2.45) is 11.3 Å². The Morgan fingerprint density at radius 2 is 1.67 bits per heavy atom. The molecule has 0 amide bonds. The molecule has 1 rings (SSSR count). The van der Waals surface area contributed by atoms with Gasteiger partial charge in [-0.15, -0.1) is 0 Å². The number of rotatable bonds is 3. The molecule has 0 heterocycles. The standard InChI is InChI=1S/C15H29NO2/c1-14(2,3)11-9-7-8-10-12(11)16-15(4,5)13(17)18-6/h11-12,16H,7-10H2,1-6H3. The van der Waals surface area contributed by atoms with Gasteiger partial charge in [-0.3, -0.25) is 10.1 Å². The van der Waals surface area contributed by atoms with Crippen molar-refractivity contribution >= 4 is 5.97 Å². The van der Waals surface area contributed by atoms with Gasteiger partial charge in [0, 0.05) is 6.04 Å². The highest BCUT2D eigenvalue weighted by atomic mass is 16.5. The maximum atomic E-state index is 11.8. The Labute approximate surface area is 112 Å². The molecular formula is C15H29NO2. The molecule has 2 unspecified atom stereocenters. The highest BCUT2D eigenvalue weighted by Gasteiger charge is 2.39.